The number of ether oxygens (including phenoxy) is 2. The first-order chi connectivity index (χ1) is 16.3. The number of esters is 1. The highest BCUT2D eigenvalue weighted by atomic mass is 16.5. The third-order valence-corrected chi connectivity index (χ3v) is 6.13. The second-order valence-electron chi connectivity index (χ2n) is 8.78. The van der Waals surface area contributed by atoms with Gasteiger partial charge in [-0.25, -0.2) is 4.79 Å². The highest BCUT2D eigenvalue weighted by molar-refractivity contribution is 5.95. The van der Waals surface area contributed by atoms with E-state index in [1.807, 2.05) is 12.1 Å². The van der Waals surface area contributed by atoms with Gasteiger partial charge in [0.15, 0.2) is 11.8 Å². The fourth-order valence-electron chi connectivity index (χ4n) is 3.68. The van der Waals surface area contributed by atoms with Gasteiger partial charge in [-0.15, -0.1) is 0 Å². The topological polar surface area (TPSA) is 77.8 Å². The fourth-order valence-corrected chi connectivity index (χ4v) is 3.68. The van der Waals surface area contributed by atoms with Crippen molar-refractivity contribution in [2.45, 2.75) is 52.0 Å². The SMILES string of the molecule is CCOC(=O)C(NC(=O)c1ccc(Cc2cc(C(C)(C)CC)ccc2OC)o1)c1ccccc1. The maximum Gasteiger partial charge on any atom is 0.333 e. The van der Waals surface area contributed by atoms with Crippen molar-refractivity contribution in [1.82, 2.24) is 5.32 Å². The number of hydrogen-bond acceptors (Lipinski definition) is 5. The van der Waals surface area contributed by atoms with E-state index in [9.17, 15) is 9.59 Å². The molecular weight excluding hydrogens is 430 g/mol. The molecule has 1 unspecified atom stereocenters. The summed E-state index contributed by atoms with van der Waals surface area (Å²) in [5.74, 6) is 0.519. The molecule has 0 spiro atoms. The van der Waals surface area contributed by atoms with E-state index in [1.165, 1.54) is 5.56 Å². The molecule has 0 radical (unpaired) electrons. The van der Waals surface area contributed by atoms with E-state index in [1.54, 1.807) is 50.4 Å². The van der Waals surface area contributed by atoms with Gasteiger partial charge in [0, 0.05) is 12.0 Å². The smallest absolute Gasteiger partial charge is 0.333 e. The lowest BCUT2D eigenvalue weighted by molar-refractivity contribution is -0.145. The Morgan fingerprint density at radius 1 is 1.03 bits per heavy atom. The Morgan fingerprint density at radius 3 is 2.41 bits per heavy atom. The molecule has 1 N–H and O–H groups in total. The van der Waals surface area contributed by atoms with Crippen LogP contribution in [0.25, 0.3) is 0 Å². The zero-order valence-corrected chi connectivity index (χ0v) is 20.5. The number of methoxy groups -OCH3 is 1. The van der Waals surface area contributed by atoms with Crippen LogP contribution in [0.3, 0.4) is 0 Å². The highest BCUT2D eigenvalue weighted by Gasteiger charge is 2.26. The van der Waals surface area contributed by atoms with Crippen LogP contribution in [-0.4, -0.2) is 25.6 Å². The minimum absolute atomic E-state index is 0.0365. The Morgan fingerprint density at radius 2 is 1.76 bits per heavy atom. The highest BCUT2D eigenvalue weighted by Crippen LogP contribution is 2.32. The maximum absolute atomic E-state index is 12.9. The van der Waals surface area contributed by atoms with Crippen molar-refractivity contribution in [1.29, 1.82) is 0 Å². The van der Waals surface area contributed by atoms with Gasteiger partial charge in [-0.3, -0.25) is 4.79 Å². The molecule has 0 saturated carbocycles. The molecule has 2 aromatic carbocycles. The van der Waals surface area contributed by atoms with Gasteiger partial charge in [-0.2, -0.15) is 0 Å². The number of rotatable bonds is 10. The van der Waals surface area contributed by atoms with Gasteiger partial charge in [0.2, 0.25) is 0 Å². The lowest BCUT2D eigenvalue weighted by atomic mass is 9.81. The normalized spacial score (nSPS) is 12.1. The van der Waals surface area contributed by atoms with Crippen LogP contribution in [0.5, 0.6) is 5.75 Å². The molecule has 180 valence electrons. The number of carbonyl (C=O) groups is 2. The van der Waals surface area contributed by atoms with Crippen LogP contribution in [0.1, 0.15) is 73.2 Å². The summed E-state index contributed by atoms with van der Waals surface area (Å²) >= 11 is 0. The summed E-state index contributed by atoms with van der Waals surface area (Å²) in [6, 6.07) is 17.7. The Labute approximate surface area is 201 Å². The van der Waals surface area contributed by atoms with E-state index in [0.29, 0.717) is 17.7 Å². The van der Waals surface area contributed by atoms with Crippen LogP contribution in [0, 0.1) is 0 Å². The van der Waals surface area contributed by atoms with Crippen molar-refractivity contribution in [3.8, 4) is 5.75 Å². The molecule has 6 nitrogen and oxygen atoms in total. The molecule has 3 rings (SSSR count). The molecule has 6 heteroatoms. The number of hydrogen-bond donors (Lipinski definition) is 1. The van der Waals surface area contributed by atoms with Crippen LogP contribution in [0.4, 0.5) is 0 Å². The van der Waals surface area contributed by atoms with Crippen molar-refractivity contribution in [3.63, 3.8) is 0 Å². The monoisotopic (exact) mass is 463 g/mol. The molecule has 0 aliphatic carbocycles. The summed E-state index contributed by atoms with van der Waals surface area (Å²) in [6.45, 7) is 8.53. The third-order valence-electron chi connectivity index (χ3n) is 6.13. The van der Waals surface area contributed by atoms with E-state index in [2.05, 4.69) is 38.2 Å². The summed E-state index contributed by atoms with van der Waals surface area (Å²) in [5.41, 5.74) is 2.88. The lowest BCUT2D eigenvalue weighted by Gasteiger charge is -2.24. The summed E-state index contributed by atoms with van der Waals surface area (Å²) in [6.07, 6.45) is 1.48. The van der Waals surface area contributed by atoms with E-state index in [-0.39, 0.29) is 17.8 Å². The van der Waals surface area contributed by atoms with Gasteiger partial charge in [-0.1, -0.05) is 63.2 Å². The molecule has 0 aliphatic rings. The second-order valence-corrected chi connectivity index (χ2v) is 8.78. The van der Waals surface area contributed by atoms with Crippen molar-refractivity contribution >= 4 is 11.9 Å². The van der Waals surface area contributed by atoms with Gasteiger partial charge in [0.1, 0.15) is 11.5 Å². The van der Waals surface area contributed by atoms with Crippen molar-refractivity contribution in [3.05, 3.63) is 88.9 Å². The van der Waals surface area contributed by atoms with E-state index in [0.717, 1.165) is 17.7 Å². The molecular formula is C28H33NO5. The summed E-state index contributed by atoms with van der Waals surface area (Å²) < 4.78 is 16.6. The molecule has 1 aromatic heterocycles. The quantitative estimate of drug-likeness (QED) is 0.396. The standard InChI is InChI=1S/C28H33NO5/c1-6-28(3,4)21-13-15-23(32-5)20(17-21)18-22-14-16-24(34-22)26(30)29-25(27(31)33-7-2)19-11-9-8-10-12-19/h8-17,25H,6-7,18H2,1-5H3,(H,29,30). The van der Waals surface area contributed by atoms with E-state index < -0.39 is 17.9 Å². The zero-order chi connectivity index (χ0) is 24.7. The number of carbonyl (C=O) groups excluding carboxylic acids is 2. The first-order valence-electron chi connectivity index (χ1n) is 11.6. The van der Waals surface area contributed by atoms with E-state index >= 15 is 0 Å². The minimum Gasteiger partial charge on any atom is -0.496 e. The molecule has 0 saturated heterocycles. The number of furan rings is 1. The predicted molar refractivity (Wildman–Crippen MR) is 131 cm³/mol. The van der Waals surface area contributed by atoms with Crippen molar-refractivity contribution < 1.29 is 23.5 Å². The van der Waals surface area contributed by atoms with E-state index in [4.69, 9.17) is 13.9 Å². The van der Waals surface area contributed by atoms with Gasteiger partial charge in [0.05, 0.1) is 13.7 Å². The number of amides is 1. The molecule has 1 amide bonds. The van der Waals surface area contributed by atoms with Gasteiger partial charge in [0.25, 0.3) is 5.91 Å². The first-order valence-corrected chi connectivity index (χ1v) is 11.6. The molecule has 3 aromatic rings. The van der Waals surface area contributed by atoms with Crippen molar-refractivity contribution in [2.75, 3.05) is 13.7 Å². The maximum atomic E-state index is 12.9. The molecule has 0 bridgehead atoms. The summed E-state index contributed by atoms with van der Waals surface area (Å²) in [5, 5.41) is 2.74. The van der Waals surface area contributed by atoms with Gasteiger partial charge >= 0.3 is 5.97 Å². The average Bonchev–Trinajstić information content (AvgIpc) is 3.31. The second kappa shape index (κ2) is 11.1. The van der Waals surface area contributed by atoms with Gasteiger partial charge in [-0.05, 0) is 48.1 Å². The van der Waals surface area contributed by atoms with Crippen LogP contribution >= 0.6 is 0 Å². The summed E-state index contributed by atoms with van der Waals surface area (Å²) in [4.78, 5) is 25.4. The number of benzene rings is 2. The molecule has 34 heavy (non-hydrogen) atoms. The predicted octanol–water partition coefficient (Wildman–Crippen LogP) is 5.60. The number of nitrogens with one attached hydrogen (secondary N) is 1. The third kappa shape index (κ3) is 5.87. The van der Waals surface area contributed by atoms with Crippen LogP contribution in [0.2, 0.25) is 0 Å². The summed E-state index contributed by atoms with van der Waals surface area (Å²) in [7, 11) is 1.64. The molecule has 0 fully saturated rings. The molecule has 1 heterocycles. The Kier molecular flexibility index (Phi) is 8.16. The Hall–Kier alpha value is -3.54. The fraction of sp³-hybridized carbons (Fsp3) is 0.357. The largest absolute Gasteiger partial charge is 0.496 e. The van der Waals surface area contributed by atoms with Crippen molar-refractivity contribution in [2.24, 2.45) is 0 Å². The first kappa shape index (κ1) is 25.1. The molecule has 1 atom stereocenters. The lowest BCUT2D eigenvalue weighted by Crippen LogP contribution is -2.34. The van der Waals surface area contributed by atoms with Crippen LogP contribution in [-0.2, 0) is 21.4 Å². The Balaban J connectivity index is 1.80. The minimum atomic E-state index is -0.921. The zero-order valence-electron chi connectivity index (χ0n) is 20.5. The average molecular weight is 464 g/mol. The van der Waals surface area contributed by atoms with Gasteiger partial charge < -0.3 is 19.2 Å². The Bertz CT molecular complexity index is 1120. The van der Waals surface area contributed by atoms with Crippen LogP contribution in [0.15, 0.2) is 65.1 Å². The van der Waals surface area contributed by atoms with Crippen LogP contribution < -0.4 is 10.1 Å². The molecule has 0 aliphatic heterocycles.